The molecule has 1 heterocycles. The van der Waals surface area contributed by atoms with Crippen molar-refractivity contribution in [2.24, 2.45) is 0 Å². The van der Waals surface area contributed by atoms with Gasteiger partial charge in [-0.05, 0) is 92.8 Å². The fraction of sp³-hybridized carbons (Fsp3) is 0.333. The van der Waals surface area contributed by atoms with Gasteiger partial charge in [0.2, 0.25) is 0 Å². The Balaban J connectivity index is 1.26. The predicted molar refractivity (Wildman–Crippen MR) is 144 cm³/mol. The molecule has 0 aromatic heterocycles. The molecule has 6 heteroatoms. The SMILES string of the molecule is COc1ccccc1-c1ccc(NC(=O)c2ccc(NCCCN3CCCC3)cc2)c2c1CCC2=O. The zero-order chi connectivity index (χ0) is 24.9. The number of ketones is 1. The maximum Gasteiger partial charge on any atom is 0.255 e. The average molecular weight is 484 g/mol. The van der Waals surface area contributed by atoms with Gasteiger partial charge >= 0.3 is 0 Å². The highest BCUT2D eigenvalue weighted by molar-refractivity contribution is 6.12. The van der Waals surface area contributed by atoms with Gasteiger partial charge in [0.1, 0.15) is 5.75 Å². The van der Waals surface area contributed by atoms with Crippen molar-refractivity contribution in [1.29, 1.82) is 0 Å². The Morgan fingerprint density at radius 1 is 0.944 bits per heavy atom. The monoisotopic (exact) mass is 483 g/mol. The van der Waals surface area contributed by atoms with E-state index in [-0.39, 0.29) is 11.7 Å². The van der Waals surface area contributed by atoms with Crippen molar-refractivity contribution in [2.45, 2.75) is 32.1 Å². The van der Waals surface area contributed by atoms with Crippen LogP contribution in [0.1, 0.15) is 52.0 Å². The Morgan fingerprint density at radius 3 is 2.50 bits per heavy atom. The first kappa shape index (κ1) is 24.1. The normalized spacial score (nSPS) is 15.1. The van der Waals surface area contributed by atoms with Gasteiger partial charge in [-0.2, -0.15) is 0 Å². The van der Waals surface area contributed by atoms with E-state index in [4.69, 9.17) is 4.74 Å². The van der Waals surface area contributed by atoms with E-state index in [1.165, 1.54) is 25.9 Å². The Hall–Kier alpha value is -3.64. The smallest absolute Gasteiger partial charge is 0.255 e. The third-order valence-corrected chi connectivity index (χ3v) is 7.17. The van der Waals surface area contributed by atoms with Gasteiger partial charge in [-0.15, -0.1) is 0 Å². The number of hydrogen-bond donors (Lipinski definition) is 2. The van der Waals surface area contributed by atoms with Gasteiger partial charge in [-0.25, -0.2) is 0 Å². The Morgan fingerprint density at radius 2 is 1.72 bits per heavy atom. The van der Waals surface area contributed by atoms with Crippen LogP contribution < -0.4 is 15.4 Å². The van der Waals surface area contributed by atoms with Crippen LogP contribution in [0, 0.1) is 0 Å². The van der Waals surface area contributed by atoms with E-state index in [2.05, 4.69) is 15.5 Å². The maximum atomic E-state index is 13.0. The lowest BCUT2D eigenvalue weighted by molar-refractivity contribution is 0.0995. The highest BCUT2D eigenvalue weighted by Crippen LogP contribution is 2.40. The number of likely N-dealkylation sites (tertiary alicyclic amines) is 1. The molecule has 1 amide bonds. The van der Waals surface area contributed by atoms with Crippen LogP contribution in [0.25, 0.3) is 11.1 Å². The van der Waals surface area contributed by atoms with Crippen LogP contribution in [0.15, 0.2) is 60.7 Å². The largest absolute Gasteiger partial charge is 0.496 e. The molecular weight excluding hydrogens is 450 g/mol. The lowest BCUT2D eigenvalue weighted by Crippen LogP contribution is -2.22. The molecule has 2 N–H and O–H groups in total. The summed E-state index contributed by atoms with van der Waals surface area (Å²) in [7, 11) is 1.65. The fourth-order valence-electron chi connectivity index (χ4n) is 5.29. The van der Waals surface area contributed by atoms with Crippen LogP contribution in [-0.2, 0) is 6.42 Å². The van der Waals surface area contributed by atoms with Crippen molar-refractivity contribution < 1.29 is 14.3 Å². The van der Waals surface area contributed by atoms with E-state index >= 15 is 0 Å². The summed E-state index contributed by atoms with van der Waals surface area (Å²) in [5.41, 5.74) is 5.65. The minimum atomic E-state index is -0.220. The molecule has 0 radical (unpaired) electrons. The molecule has 3 aromatic rings. The highest BCUT2D eigenvalue weighted by Gasteiger charge is 2.28. The second-order valence-electron chi connectivity index (χ2n) is 9.50. The number of nitrogens with zero attached hydrogens (tertiary/aromatic N) is 1. The summed E-state index contributed by atoms with van der Waals surface area (Å²) in [6.45, 7) is 4.49. The molecule has 3 aromatic carbocycles. The Kier molecular flexibility index (Phi) is 7.33. The van der Waals surface area contributed by atoms with Gasteiger partial charge in [0.25, 0.3) is 5.91 Å². The van der Waals surface area contributed by atoms with Crippen LogP contribution in [0.5, 0.6) is 5.75 Å². The summed E-state index contributed by atoms with van der Waals surface area (Å²) in [4.78, 5) is 28.3. The number of anilines is 2. The van der Waals surface area contributed by atoms with Crippen LogP contribution in [0.3, 0.4) is 0 Å². The molecule has 0 atom stereocenters. The minimum Gasteiger partial charge on any atom is -0.496 e. The summed E-state index contributed by atoms with van der Waals surface area (Å²) in [6.07, 6.45) is 4.85. The number of amides is 1. The number of Topliss-reactive ketones (excluding diaryl/α,β-unsaturated/α-hetero) is 1. The first-order valence-corrected chi connectivity index (χ1v) is 12.8. The van der Waals surface area contributed by atoms with Crippen LogP contribution in [0.2, 0.25) is 0 Å². The molecule has 1 fully saturated rings. The topological polar surface area (TPSA) is 70.7 Å². The number of carbonyl (C=O) groups is 2. The van der Waals surface area contributed by atoms with Gasteiger partial charge in [0, 0.05) is 35.3 Å². The summed E-state index contributed by atoms with van der Waals surface area (Å²) in [5, 5.41) is 6.42. The summed E-state index contributed by atoms with van der Waals surface area (Å²) >= 11 is 0. The van der Waals surface area contributed by atoms with Gasteiger partial charge in [0.05, 0.1) is 12.8 Å². The zero-order valence-corrected chi connectivity index (χ0v) is 20.8. The van der Waals surface area contributed by atoms with Crippen LogP contribution >= 0.6 is 0 Å². The second-order valence-corrected chi connectivity index (χ2v) is 9.50. The Labute approximate surface area is 212 Å². The number of para-hydroxylation sites is 1. The molecule has 1 aliphatic carbocycles. The van der Waals surface area contributed by atoms with E-state index in [0.717, 1.165) is 47.6 Å². The van der Waals surface area contributed by atoms with Crippen LogP contribution in [0.4, 0.5) is 11.4 Å². The summed E-state index contributed by atoms with van der Waals surface area (Å²) in [6, 6.07) is 19.1. The summed E-state index contributed by atoms with van der Waals surface area (Å²) < 4.78 is 5.54. The van der Waals surface area contributed by atoms with Crippen molar-refractivity contribution in [3.05, 3.63) is 77.4 Å². The van der Waals surface area contributed by atoms with Gasteiger partial charge < -0.3 is 20.3 Å². The van der Waals surface area contributed by atoms with Crippen molar-refractivity contribution >= 4 is 23.1 Å². The molecule has 6 nitrogen and oxygen atoms in total. The molecule has 2 aliphatic rings. The number of nitrogens with one attached hydrogen (secondary N) is 2. The average Bonchev–Trinajstić information content (AvgIpc) is 3.57. The first-order valence-electron chi connectivity index (χ1n) is 12.8. The van der Waals surface area contributed by atoms with E-state index in [0.29, 0.717) is 29.7 Å². The minimum absolute atomic E-state index is 0.0607. The number of benzene rings is 3. The first-order chi connectivity index (χ1) is 17.6. The van der Waals surface area contributed by atoms with E-state index < -0.39 is 0 Å². The molecule has 36 heavy (non-hydrogen) atoms. The molecule has 0 bridgehead atoms. The molecule has 0 spiro atoms. The molecule has 1 aliphatic heterocycles. The number of hydrogen-bond acceptors (Lipinski definition) is 5. The molecule has 0 unspecified atom stereocenters. The molecule has 186 valence electrons. The summed E-state index contributed by atoms with van der Waals surface area (Å²) in [5.74, 6) is 0.605. The zero-order valence-electron chi connectivity index (χ0n) is 20.8. The standard InChI is InChI=1S/C30H33N3O3/c1-36-28-8-3-2-7-24(28)23-13-15-26(29-25(23)14-16-27(29)34)32-30(35)21-9-11-22(12-10-21)31-17-6-20-33-18-4-5-19-33/h2-3,7-13,15,31H,4-6,14,16-20H2,1H3,(H,32,35). The third-order valence-electron chi connectivity index (χ3n) is 7.17. The molecule has 1 saturated heterocycles. The van der Waals surface area contributed by atoms with E-state index in [1.807, 2.05) is 60.7 Å². The lowest BCUT2D eigenvalue weighted by atomic mass is 9.95. The van der Waals surface area contributed by atoms with Gasteiger partial charge in [-0.3, -0.25) is 9.59 Å². The number of methoxy groups -OCH3 is 1. The number of fused-ring (bicyclic) bond motifs is 1. The van der Waals surface area contributed by atoms with Crippen molar-refractivity contribution in [2.75, 3.05) is 43.9 Å². The van der Waals surface area contributed by atoms with Crippen LogP contribution in [-0.4, -0.2) is 49.9 Å². The third kappa shape index (κ3) is 5.14. The fourth-order valence-corrected chi connectivity index (χ4v) is 5.29. The van der Waals surface area contributed by atoms with Crippen molar-refractivity contribution in [3.63, 3.8) is 0 Å². The quantitative estimate of drug-likeness (QED) is 0.386. The van der Waals surface area contributed by atoms with Crippen molar-refractivity contribution in [3.8, 4) is 16.9 Å². The van der Waals surface area contributed by atoms with E-state index in [1.54, 1.807) is 7.11 Å². The van der Waals surface area contributed by atoms with Crippen molar-refractivity contribution in [1.82, 2.24) is 4.90 Å². The Bertz CT molecular complexity index is 1250. The van der Waals surface area contributed by atoms with E-state index in [9.17, 15) is 9.59 Å². The molecule has 0 saturated carbocycles. The highest BCUT2D eigenvalue weighted by atomic mass is 16.5. The van der Waals surface area contributed by atoms with Gasteiger partial charge in [-0.1, -0.05) is 24.3 Å². The second kappa shape index (κ2) is 11.0. The number of carbonyl (C=O) groups excluding carboxylic acids is 2. The lowest BCUT2D eigenvalue weighted by Gasteiger charge is -2.16. The number of rotatable bonds is 9. The number of ether oxygens (including phenoxy) is 1. The van der Waals surface area contributed by atoms with Gasteiger partial charge in [0.15, 0.2) is 5.78 Å². The molecule has 5 rings (SSSR count). The molecular formula is C30H33N3O3. The predicted octanol–water partition coefficient (Wildman–Crippen LogP) is 5.64. The maximum absolute atomic E-state index is 13.0.